The molecule has 1 heterocycles. The largest absolute Gasteiger partial charge is 0.292 e. The Morgan fingerprint density at radius 2 is 1.50 bits per heavy atom. The maximum absolute atomic E-state index is 12.2. The standard InChI is InChI=1S/C17H10N2O3/c18-9-11-5-7-12(8-6-11)15(20)10-19-16(21)13-3-1-2-4-14(13)17(19)22/h1-8H,10H2. The number of carbonyl (C=O) groups excluding carboxylic acids is 3. The Hall–Kier alpha value is -3.26. The number of amides is 2. The number of hydrogen-bond donors (Lipinski definition) is 0. The Morgan fingerprint density at radius 1 is 0.955 bits per heavy atom. The van der Waals surface area contributed by atoms with Gasteiger partial charge in [-0.3, -0.25) is 19.3 Å². The fourth-order valence-electron chi connectivity index (χ4n) is 2.35. The van der Waals surface area contributed by atoms with Gasteiger partial charge in [0.2, 0.25) is 0 Å². The van der Waals surface area contributed by atoms with Crippen LogP contribution in [0.4, 0.5) is 0 Å². The minimum atomic E-state index is -0.456. The number of rotatable bonds is 3. The minimum Gasteiger partial charge on any atom is -0.292 e. The summed E-state index contributed by atoms with van der Waals surface area (Å²) in [6, 6.07) is 14.5. The molecule has 22 heavy (non-hydrogen) atoms. The molecule has 5 heteroatoms. The van der Waals surface area contributed by atoms with Crippen LogP contribution in [0.5, 0.6) is 0 Å². The van der Waals surface area contributed by atoms with Crippen molar-refractivity contribution < 1.29 is 14.4 Å². The minimum absolute atomic E-state index is 0.307. The number of ketones is 1. The Morgan fingerprint density at radius 3 is 2.00 bits per heavy atom. The highest BCUT2D eigenvalue weighted by Gasteiger charge is 2.36. The van der Waals surface area contributed by atoms with Gasteiger partial charge >= 0.3 is 0 Å². The second-order valence-corrected chi connectivity index (χ2v) is 4.85. The molecule has 5 nitrogen and oxygen atoms in total. The average Bonchev–Trinajstić information content (AvgIpc) is 2.80. The normalized spacial score (nSPS) is 13.0. The number of Topliss-reactive ketones (excluding diaryl/α,β-unsaturated/α-hetero) is 1. The van der Waals surface area contributed by atoms with Crippen LogP contribution >= 0.6 is 0 Å². The van der Waals surface area contributed by atoms with Crippen LogP contribution in [0.1, 0.15) is 36.6 Å². The van der Waals surface area contributed by atoms with Crippen LogP contribution in [0.2, 0.25) is 0 Å². The first kappa shape index (κ1) is 13.7. The van der Waals surface area contributed by atoms with Crippen LogP contribution in [0.25, 0.3) is 0 Å². The van der Waals surface area contributed by atoms with Gasteiger partial charge in [-0.1, -0.05) is 24.3 Å². The van der Waals surface area contributed by atoms with E-state index in [9.17, 15) is 14.4 Å². The first-order chi connectivity index (χ1) is 10.6. The van der Waals surface area contributed by atoms with Crippen molar-refractivity contribution in [2.75, 3.05) is 6.54 Å². The van der Waals surface area contributed by atoms with Gasteiger partial charge in [0.05, 0.1) is 29.3 Å². The molecular formula is C17H10N2O3. The molecule has 0 saturated heterocycles. The van der Waals surface area contributed by atoms with E-state index in [-0.39, 0.29) is 12.3 Å². The molecule has 2 amide bonds. The molecule has 0 unspecified atom stereocenters. The summed E-state index contributed by atoms with van der Waals surface area (Å²) in [5, 5.41) is 8.73. The molecule has 0 atom stereocenters. The molecule has 0 aliphatic carbocycles. The third-order valence-electron chi connectivity index (χ3n) is 3.52. The number of nitrogens with zero attached hydrogens (tertiary/aromatic N) is 2. The van der Waals surface area contributed by atoms with Gasteiger partial charge in [0.15, 0.2) is 5.78 Å². The lowest BCUT2D eigenvalue weighted by atomic mass is 10.1. The average molecular weight is 290 g/mol. The topological polar surface area (TPSA) is 78.2 Å². The van der Waals surface area contributed by atoms with E-state index in [1.54, 1.807) is 24.3 Å². The monoisotopic (exact) mass is 290 g/mol. The maximum atomic E-state index is 12.2. The van der Waals surface area contributed by atoms with Crippen LogP contribution in [-0.4, -0.2) is 29.0 Å². The van der Waals surface area contributed by atoms with Crippen LogP contribution in [-0.2, 0) is 0 Å². The highest BCUT2D eigenvalue weighted by Crippen LogP contribution is 2.22. The van der Waals surface area contributed by atoms with Gasteiger partial charge in [0.25, 0.3) is 11.8 Å². The van der Waals surface area contributed by atoms with E-state index in [0.29, 0.717) is 22.3 Å². The molecule has 0 spiro atoms. The van der Waals surface area contributed by atoms with E-state index in [1.165, 1.54) is 24.3 Å². The molecule has 0 aromatic heterocycles. The van der Waals surface area contributed by atoms with Crippen LogP contribution in [0.15, 0.2) is 48.5 Å². The Balaban J connectivity index is 1.82. The molecule has 2 aromatic carbocycles. The van der Waals surface area contributed by atoms with Crippen molar-refractivity contribution in [3.8, 4) is 6.07 Å². The molecule has 0 radical (unpaired) electrons. The van der Waals surface area contributed by atoms with E-state index < -0.39 is 11.8 Å². The van der Waals surface area contributed by atoms with Crippen molar-refractivity contribution in [1.29, 1.82) is 5.26 Å². The summed E-state index contributed by atoms with van der Waals surface area (Å²) < 4.78 is 0. The van der Waals surface area contributed by atoms with Gasteiger partial charge in [0.1, 0.15) is 0 Å². The quantitative estimate of drug-likeness (QED) is 0.640. The fraction of sp³-hybridized carbons (Fsp3) is 0.0588. The van der Waals surface area contributed by atoms with E-state index in [0.717, 1.165) is 4.90 Å². The zero-order chi connectivity index (χ0) is 15.7. The number of hydrogen-bond acceptors (Lipinski definition) is 4. The van der Waals surface area contributed by atoms with Crippen molar-refractivity contribution >= 4 is 17.6 Å². The second-order valence-electron chi connectivity index (χ2n) is 4.85. The highest BCUT2D eigenvalue weighted by molar-refractivity contribution is 6.23. The fourth-order valence-corrected chi connectivity index (χ4v) is 2.35. The summed E-state index contributed by atoms with van der Waals surface area (Å²) in [5.74, 6) is -1.26. The molecule has 106 valence electrons. The zero-order valence-corrected chi connectivity index (χ0v) is 11.4. The predicted molar refractivity (Wildman–Crippen MR) is 77.3 cm³/mol. The van der Waals surface area contributed by atoms with Crippen molar-refractivity contribution in [1.82, 2.24) is 4.90 Å². The maximum Gasteiger partial charge on any atom is 0.261 e. The van der Waals surface area contributed by atoms with Crippen molar-refractivity contribution in [3.05, 3.63) is 70.8 Å². The van der Waals surface area contributed by atoms with Crippen LogP contribution in [0, 0.1) is 11.3 Å². The number of benzene rings is 2. The summed E-state index contributed by atoms with van der Waals surface area (Å²) >= 11 is 0. The van der Waals surface area contributed by atoms with Gasteiger partial charge in [-0.25, -0.2) is 0 Å². The third kappa shape index (κ3) is 2.17. The number of nitriles is 1. The second kappa shape index (κ2) is 5.26. The van der Waals surface area contributed by atoms with Gasteiger partial charge in [-0.15, -0.1) is 0 Å². The molecular weight excluding hydrogens is 280 g/mol. The summed E-state index contributed by atoms with van der Waals surface area (Å²) in [7, 11) is 0. The summed E-state index contributed by atoms with van der Waals surface area (Å²) in [4.78, 5) is 37.5. The molecule has 0 N–H and O–H groups in total. The SMILES string of the molecule is N#Cc1ccc(C(=O)CN2C(=O)c3ccccc3C2=O)cc1. The molecule has 0 bridgehead atoms. The summed E-state index contributed by atoms with van der Waals surface area (Å²) in [5.41, 5.74) is 1.44. The lowest BCUT2D eigenvalue weighted by Gasteiger charge is -2.12. The van der Waals surface area contributed by atoms with Crippen molar-refractivity contribution in [2.45, 2.75) is 0 Å². The zero-order valence-electron chi connectivity index (χ0n) is 11.4. The van der Waals surface area contributed by atoms with Crippen LogP contribution < -0.4 is 0 Å². The Bertz CT molecular complexity index is 797. The van der Waals surface area contributed by atoms with E-state index in [2.05, 4.69) is 0 Å². The summed E-state index contributed by atoms with van der Waals surface area (Å²) in [6.07, 6.45) is 0. The van der Waals surface area contributed by atoms with Gasteiger partial charge in [0, 0.05) is 5.56 Å². The Labute approximate surface area is 126 Å². The smallest absolute Gasteiger partial charge is 0.261 e. The number of carbonyl (C=O) groups is 3. The lowest BCUT2D eigenvalue weighted by Crippen LogP contribution is -2.34. The van der Waals surface area contributed by atoms with Gasteiger partial charge in [-0.05, 0) is 24.3 Å². The van der Waals surface area contributed by atoms with E-state index >= 15 is 0 Å². The number of fused-ring (bicyclic) bond motifs is 1. The lowest BCUT2D eigenvalue weighted by molar-refractivity contribution is 0.0624. The molecule has 0 fully saturated rings. The van der Waals surface area contributed by atoms with E-state index in [4.69, 9.17) is 5.26 Å². The van der Waals surface area contributed by atoms with Crippen molar-refractivity contribution in [2.24, 2.45) is 0 Å². The predicted octanol–water partition coefficient (Wildman–Crippen LogP) is 2.04. The first-order valence-electron chi connectivity index (χ1n) is 6.60. The van der Waals surface area contributed by atoms with Gasteiger partial charge in [-0.2, -0.15) is 5.26 Å². The van der Waals surface area contributed by atoms with Gasteiger partial charge < -0.3 is 0 Å². The highest BCUT2D eigenvalue weighted by atomic mass is 16.2. The molecule has 0 saturated carbocycles. The third-order valence-corrected chi connectivity index (χ3v) is 3.52. The van der Waals surface area contributed by atoms with Crippen molar-refractivity contribution in [3.63, 3.8) is 0 Å². The first-order valence-corrected chi connectivity index (χ1v) is 6.60. The molecule has 3 rings (SSSR count). The molecule has 1 aliphatic rings. The molecule has 2 aromatic rings. The van der Waals surface area contributed by atoms with E-state index in [1.807, 2.05) is 6.07 Å². The Kier molecular flexibility index (Phi) is 3.28. The molecule has 1 aliphatic heterocycles. The number of imide groups is 1. The summed E-state index contributed by atoms with van der Waals surface area (Å²) in [6.45, 7) is -0.307. The van der Waals surface area contributed by atoms with Crippen LogP contribution in [0.3, 0.4) is 0 Å².